The highest BCUT2D eigenvalue weighted by Crippen LogP contribution is 2.32. The minimum Gasteiger partial charge on any atom is -0.299 e. The Balaban J connectivity index is 2.27. The van der Waals surface area contributed by atoms with E-state index in [4.69, 9.17) is 6.42 Å². The lowest BCUT2D eigenvalue weighted by Crippen LogP contribution is -2.16. The molecule has 1 saturated carbocycles. The van der Waals surface area contributed by atoms with Gasteiger partial charge in [-0.25, -0.2) is 0 Å². The molecule has 2 atom stereocenters. The molecule has 0 aliphatic heterocycles. The molecule has 0 heterocycles. The lowest BCUT2D eigenvalue weighted by Gasteiger charge is -2.12. The van der Waals surface area contributed by atoms with Crippen LogP contribution in [0, 0.1) is 24.2 Å². The number of Topliss-reactive ketones (excluding diaryl/α,β-unsaturated/α-hetero) is 1. The highest BCUT2D eigenvalue weighted by Gasteiger charge is 2.28. The summed E-state index contributed by atoms with van der Waals surface area (Å²) >= 11 is 0. The second-order valence-electron chi connectivity index (χ2n) is 4.04. The van der Waals surface area contributed by atoms with Gasteiger partial charge in [0, 0.05) is 18.8 Å². The van der Waals surface area contributed by atoms with Crippen molar-refractivity contribution in [2.24, 2.45) is 11.8 Å². The zero-order valence-corrected chi connectivity index (χ0v) is 8.38. The number of hydrogen-bond donors (Lipinski definition) is 0. The van der Waals surface area contributed by atoms with Crippen molar-refractivity contribution in [3.63, 3.8) is 0 Å². The number of carbonyl (C=O) groups is 1. The van der Waals surface area contributed by atoms with E-state index in [9.17, 15) is 4.79 Å². The highest BCUT2D eigenvalue weighted by molar-refractivity contribution is 5.81. The van der Waals surface area contributed by atoms with Gasteiger partial charge in [-0.15, -0.1) is 12.3 Å². The zero-order valence-electron chi connectivity index (χ0n) is 8.38. The zero-order chi connectivity index (χ0) is 9.68. The van der Waals surface area contributed by atoms with Crippen LogP contribution in [0.3, 0.4) is 0 Å². The predicted octanol–water partition coefficient (Wildman–Crippen LogP) is 2.80. The summed E-state index contributed by atoms with van der Waals surface area (Å²) in [6.45, 7) is 2.19. The van der Waals surface area contributed by atoms with E-state index in [-0.39, 0.29) is 0 Å². The molecular weight excluding hydrogens is 160 g/mol. The Morgan fingerprint density at radius 2 is 2.31 bits per heavy atom. The van der Waals surface area contributed by atoms with E-state index < -0.39 is 0 Å². The Hall–Kier alpha value is -0.770. The summed E-state index contributed by atoms with van der Waals surface area (Å²) in [7, 11) is 0. The van der Waals surface area contributed by atoms with Gasteiger partial charge in [0.2, 0.25) is 0 Å². The van der Waals surface area contributed by atoms with Crippen LogP contribution < -0.4 is 0 Å². The van der Waals surface area contributed by atoms with Gasteiger partial charge < -0.3 is 0 Å². The highest BCUT2D eigenvalue weighted by atomic mass is 16.1. The van der Waals surface area contributed by atoms with Crippen molar-refractivity contribution >= 4 is 5.78 Å². The number of unbranched alkanes of at least 4 members (excludes halogenated alkanes) is 1. The SMILES string of the molecule is C#CCCCC(=O)C1CCCC1C. The number of terminal acetylenes is 1. The molecule has 0 amide bonds. The van der Waals surface area contributed by atoms with Gasteiger partial charge in [0.1, 0.15) is 5.78 Å². The van der Waals surface area contributed by atoms with Crippen molar-refractivity contribution in [2.45, 2.75) is 45.4 Å². The Labute approximate surface area is 80.9 Å². The molecule has 0 N–H and O–H groups in total. The van der Waals surface area contributed by atoms with Crippen LogP contribution in [0.25, 0.3) is 0 Å². The fraction of sp³-hybridized carbons (Fsp3) is 0.750. The lowest BCUT2D eigenvalue weighted by atomic mass is 9.91. The average molecular weight is 178 g/mol. The van der Waals surface area contributed by atoms with Gasteiger partial charge in [0.05, 0.1) is 0 Å². The summed E-state index contributed by atoms with van der Waals surface area (Å²) in [5.41, 5.74) is 0. The molecular formula is C12H18O. The van der Waals surface area contributed by atoms with Crippen molar-refractivity contribution in [3.8, 4) is 12.3 Å². The van der Waals surface area contributed by atoms with Crippen LogP contribution in [-0.2, 0) is 4.79 Å². The van der Waals surface area contributed by atoms with Gasteiger partial charge >= 0.3 is 0 Å². The summed E-state index contributed by atoms with van der Waals surface area (Å²) in [5, 5.41) is 0. The van der Waals surface area contributed by atoms with Gasteiger partial charge in [-0.3, -0.25) is 4.79 Å². The van der Waals surface area contributed by atoms with E-state index >= 15 is 0 Å². The monoisotopic (exact) mass is 178 g/mol. The molecule has 0 aromatic rings. The van der Waals surface area contributed by atoms with Gasteiger partial charge in [-0.1, -0.05) is 13.3 Å². The first-order chi connectivity index (χ1) is 6.25. The van der Waals surface area contributed by atoms with Crippen molar-refractivity contribution < 1.29 is 4.79 Å². The quantitative estimate of drug-likeness (QED) is 0.478. The van der Waals surface area contributed by atoms with Crippen LogP contribution in [0.1, 0.15) is 45.4 Å². The van der Waals surface area contributed by atoms with E-state index in [1.54, 1.807) is 0 Å². The van der Waals surface area contributed by atoms with Crippen molar-refractivity contribution in [1.82, 2.24) is 0 Å². The Kier molecular flexibility index (Phi) is 4.02. The largest absolute Gasteiger partial charge is 0.299 e. The number of carbonyl (C=O) groups excluding carboxylic acids is 1. The Morgan fingerprint density at radius 1 is 1.54 bits per heavy atom. The van der Waals surface area contributed by atoms with Gasteiger partial charge in [0.25, 0.3) is 0 Å². The second kappa shape index (κ2) is 5.07. The first-order valence-corrected chi connectivity index (χ1v) is 5.22. The van der Waals surface area contributed by atoms with Crippen LogP contribution in [0.15, 0.2) is 0 Å². The third-order valence-electron chi connectivity index (χ3n) is 3.02. The van der Waals surface area contributed by atoms with Crippen LogP contribution in [-0.4, -0.2) is 5.78 Å². The molecule has 0 radical (unpaired) electrons. The molecule has 1 nitrogen and oxygen atoms in total. The van der Waals surface area contributed by atoms with Crippen molar-refractivity contribution in [3.05, 3.63) is 0 Å². The summed E-state index contributed by atoms with van der Waals surface area (Å²) in [4.78, 5) is 11.7. The normalized spacial score (nSPS) is 27.1. The molecule has 0 aromatic carbocycles. The first-order valence-electron chi connectivity index (χ1n) is 5.22. The topological polar surface area (TPSA) is 17.1 Å². The van der Waals surface area contributed by atoms with E-state index in [0.29, 0.717) is 24.0 Å². The van der Waals surface area contributed by atoms with Crippen molar-refractivity contribution in [2.75, 3.05) is 0 Å². The second-order valence-corrected chi connectivity index (χ2v) is 4.04. The molecule has 1 heteroatoms. The van der Waals surface area contributed by atoms with E-state index in [1.807, 2.05) is 0 Å². The third-order valence-corrected chi connectivity index (χ3v) is 3.02. The fourth-order valence-corrected chi connectivity index (χ4v) is 2.17. The summed E-state index contributed by atoms with van der Waals surface area (Å²) in [6.07, 6.45) is 11.0. The van der Waals surface area contributed by atoms with Crippen molar-refractivity contribution in [1.29, 1.82) is 0 Å². The maximum atomic E-state index is 11.7. The molecule has 1 aliphatic carbocycles. The molecule has 0 saturated heterocycles. The summed E-state index contributed by atoms with van der Waals surface area (Å²) in [6, 6.07) is 0. The Morgan fingerprint density at radius 3 is 2.85 bits per heavy atom. The van der Waals surface area contributed by atoms with E-state index in [2.05, 4.69) is 12.8 Å². The Bertz CT molecular complexity index is 212. The maximum Gasteiger partial charge on any atom is 0.136 e. The molecule has 2 unspecified atom stereocenters. The maximum absolute atomic E-state index is 11.7. The molecule has 1 rings (SSSR count). The van der Waals surface area contributed by atoms with E-state index in [0.717, 1.165) is 19.3 Å². The predicted molar refractivity (Wildman–Crippen MR) is 54.2 cm³/mol. The molecule has 1 aliphatic rings. The van der Waals surface area contributed by atoms with Crippen LogP contribution >= 0.6 is 0 Å². The molecule has 0 aromatic heterocycles. The van der Waals surface area contributed by atoms with Crippen LogP contribution in [0.2, 0.25) is 0 Å². The lowest BCUT2D eigenvalue weighted by molar-refractivity contribution is -0.123. The number of ketones is 1. The summed E-state index contributed by atoms with van der Waals surface area (Å²) < 4.78 is 0. The number of rotatable bonds is 4. The fourth-order valence-electron chi connectivity index (χ4n) is 2.17. The minimum atomic E-state index is 0.345. The summed E-state index contributed by atoms with van der Waals surface area (Å²) in [5.74, 6) is 3.97. The first kappa shape index (κ1) is 10.3. The third kappa shape index (κ3) is 2.88. The smallest absolute Gasteiger partial charge is 0.136 e. The van der Waals surface area contributed by atoms with Gasteiger partial charge in [0.15, 0.2) is 0 Å². The van der Waals surface area contributed by atoms with E-state index in [1.165, 1.54) is 12.8 Å². The molecule has 1 fully saturated rings. The van der Waals surface area contributed by atoms with Crippen LogP contribution in [0.4, 0.5) is 0 Å². The molecule has 0 bridgehead atoms. The molecule has 0 spiro atoms. The average Bonchev–Trinajstić information content (AvgIpc) is 2.52. The molecule has 72 valence electrons. The standard InChI is InChI=1S/C12H18O/c1-3-4-5-9-12(13)11-8-6-7-10(11)2/h1,10-11H,4-9H2,2H3. The van der Waals surface area contributed by atoms with Crippen LogP contribution in [0.5, 0.6) is 0 Å². The van der Waals surface area contributed by atoms with Gasteiger partial charge in [-0.05, 0) is 25.2 Å². The van der Waals surface area contributed by atoms with Gasteiger partial charge in [-0.2, -0.15) is 0 Å². The number of hydrogen-bond acceptors (Lipinski definition) is 1. The minimum absolute atomic E-state index is 0.345. The molecule has 13 heavy (non-hydrogen) atoms.